The fourth-order valence-corrected chi connectivity index (χ4v) is 3.62. The molecule has 0 bridgehead atoms. The Labute approximate surface area is 118 Å². The van der Waals surface area contributed by atoms with E-state index in [4.69, 9.17) is 0 Å². The zero-order valence-corrected chi connectivity index (χ0v) is 12.2. The summed E-state index contributed by atoms with van der Waals surface area (Å²) in [5, 5.41) is 8.96. The van der Waals surface area contributed by atoms with Gasteiger partial charge >= 0.3 is 0 Å². The van der Waals surface area contributed by atoms with Crippen LogP contribution in [0.4, 0.5) is 0 Å². The first-order valence-electron chi connectivity index (χ1n) is 7.04. The minimum absolute atomic E-state index is 0.682. The Morgan fingerprint density at radius 3 is 2.95 bits per heavy atom. The van der Waals surface area contributed by atoms with Crippen molar-refractivity contribution in [1.82, 2.24) is 14.9 Å². The predicted molar refractivity (Wildman–Crippen MR) is 81.6 cm³/mol. The monoisotopic (exact) mass is 275 g/mol. The van der Waals surface area contributed by atoms with Gasteiger partial charge in [-0.3, -0.25) is 0 Å². The number of hydrogen-bond acceptors (Lipinski definition) is 3. The van der Waals surface area contributed by atoms with Gasteiger partial charge in [0.2, 0.25) is 0 Å². The van der Waals surface area contributed by atoms with Crippen LogP contribution in [-0.4, -0.2) is 27.2 Å². The summed E-state index contributed by atoms with van der Waals surface area (Å²) in [5.41, 5.74) is 2.51. The minimum Gasteiger partial charge on any atom is -0.310 e. The normalized spacial score (nSPS) is 23.8. The highest BCUT2D eigenvalue weighted by molar-refractivity contribution is 7.99. The molecule has 2 aromatic heterocycles. The van der Waals surface area contributed by atoms with Gasteiger partial charge in [0.1, 0.15) is 0 Å². The predicted octanol–water partition coefficient (Wildman–Crippen LogP) is 3.10. The standard InChI is InChI=1S/C15H21N3S/c1-19-14-7-5-13(6-8-14)16-10-12-11-17-18-9-3-2-4-15(12)18/h2-4,9,11,13-14,16H,5-8,10H2,1H3. The molecular formula is C15H21N3S. The number of pyridine rings is 1. The molecule has 0 aliphatic heterocycles. The van der Waals surface area contributed by atoms with E-state index in [1.807, 2.05) is 34.7 Å². The number of aromatic nitrogens is 2. The Kier molecular flexibility index (Phi) is 4.09. The number of hydrogen-bond donors (Lipinski definition) is 1. The van der Waals surface area contributed by atoms with E-state index in [2.05, 4.69) is 28.8 Å². The molecule has 1 saturated carbocycles. The molecule has 2 heterocycles. The van der Waals surface area contributed by atoms with E-state index in [0.29, 0.717) is 6.04 Å². The lowest BCUT2D eigenvalue weighted by Crippen LogP contribution is -2.33. The molecular weight excluding hydrogens is 254 g/mol. The van der Waals surface area contributed by atoms with Gasteiger partial charge in [-0.1, -0.05) is 6.07 Å². The van der Waals surface area contributed by atoms with E-state index in [1.165, 1.54) is 36.8 Å². The van der Waals surface area contributed by atoms with Crippen molar-refractivity contribution in [1.29, 1.82) is 0 Å². The van der Waals surface area contributed by atoms with Crippen LogP contribution in [0.3, 0.4) is 0 Å². The van der Waals surface area contributed by atoms with Crippen molar-refractivity contribution >= 4 is 17.3 Å². The summed E-state index contributed by atoms with van der Waals surface area (Å²) in [4.78, 5) is 0. The maximum Gasteiger partial charge on any atom is 0.0706 e. The molecule has 0 unspecified atom stereocenters. The summed E-state index contributed by atoms with van der Waals surface area (Å²) < 4.78 is 1.95. The lowest BCUT2D eigenvalue weighted by Gasteiger charge is -2.28. The number of thioether (sulfide) groups is 1. The van der Waals surface area contributed by atoms with Crippen molar-refractivity contribution in [3.63, 3.8) is 0 Å². The summed E-state index contributed by atoms with van der Waals surface area (Å²) >= 11 is 2.02. The average molecular weight is 275 g/mol. The van der Waals surface area contributed by atoms with Crippen molar-refractivity contribution in [2.45, 2.75) is 43.5 Å². The Bertz CT molecular complexity index is 529. The summed E-state index contributed by atoms with van der Waals surface area (Å²) in [5.74, 6) is 0. The molecule has 3 rings (SSSR count). The molecule has 102 valence electrons. The van der Waals surface area contributed by atoms with Gasteiger partial charge in [0.15, 0.2) is 0 Å². The fraction of sp³-hybridized carbons (Fsp3) is 0.533. The summed E-state index contributed by atoms with van der Waals surface area (Å²) in [6.07, 6.45) is 11.5. The summed E-state index contributed by atoms with van der Waals surface area (Å²) in [6.45, 7) is 0.933. The molecule has 2 aromatic rings. The average Bonchev–Trinajstić information content (AvgIpc) is 2.89. The number of nitrogens with one attached hydrogen (secondary N) is 1. The molecule has 0 atom stereocenters. The zero-order valence-electron chi connectivity index (χ0n) is 11.4. The molecule has 0 spiro atoms. The van der Waals surface area contributed by atoms with Crippen LogP contribution in [0.5, 0.6) is 0 Å². The maximum absolute atomic E-state index is 4.38. The highest BCUT2D eigenvalue weighted by Gasteiger charge is 2.20. The van der Waals surface area contributed by atoms with Gasteiger partial charge < -0.3 is 5.32 Å². The third-order valence-electron chi connectivity index (χ3n) is 4.09. The van der Waals surface area contributed by atoms with Crippen molar-refractivity contribution in [2.75, 3.05) is 6.26 Å². The Balaban J connectivity index is 1.58. The van der Waals surface area contributed by atoms with Gasteiger partial charge in [0.05, 0.1) is 11.7 Å². The van der Waals surface area contributed by atoms with Crippen LogP contribution in [0.2, 0.25) is 0 Å². The van der Waals surface area contributed by atoms with Gasteiger partial charge in [-0.2, -0.15) is 16.9 Å². The second kappa shape index (κ2) is 5.97. The summed E-state index contributed by atoms with van der Waals surface area (Å²) in [7, 11) is 0. The van der Waals surface area contributed by atoms with E-state index >= 15 is 0 Å². The maximum atomic E-state index is 4.38. The van der Waals surface area contributed by atoms with Crippen LogP contribution in [0, 0.1) is 0 Å². The van der Waals surface area contributed by atoms with Crippen LogP contribution in [0.1, 0.15) is 31.2 Å². The first-order valence-corrected chi connectivity index (χ1v) is 8.33. The number of fused-ring (bicyclic) bond motifs is 1. The highest BCUT2D eigenvalue weighted by atomic mass is 32.2. The highest BCUT2D eigenvalue weighted by Crippen LogP contribution is 2.27. The fourth-order valence-electron chi connectivity index (χ4n) is 2.88. The quantitative estimate of drug-likeness (QED) is 0.929. The molecule has 4 heteroatoms. The van der Waals surface area contributed by atoms with Crippen LogP contribution in [-0.2, 0) is 6.54 Å². The van der Waals surface area contributed by atoms with E-state index in [9.17, 15) is 0 Å². The van der Waals surface area contributed by atoms with E-state index < -0.39 is 0 Å². The molecule has 0 amide bonds. The molecule has 0 aromatic carbocycles. The van der Waals surface area contributed by atoms with Gasteiger partial charge in [0.25, 0.3) is 0 Å². The second-order valence-electron chi connectivity index (χ2n) is 5.29. The Morgan fingerprint density at radius 1 is 1.32 bits per heavy atom. The summed E-state index contributed by atoms with van der Waals surface area (Å²) in [6, 6.07) is 6.90. The molecule has 3 nitrogen and oxygen atoms in total. The Hall–Kier alpha value is -1.00. The SMILES string of the molecule is CSC1CCC(NCc2cnn3ccccc23)CC1. The van der Waals surface area contributed by atoms with Crippen molar-refractivity contribution < 1.29 is 0 Å². The van der Waals surface area contributed by atoms with Gasteiger partial charge in [-0.15, -0.1) is 0 Å². The molecule has 1 N–H and O–H groups in total. The van der Waals surface area contributed by atoms with Gasteiger partial charge in [-0.25, -0.2) is 4.52 Å². The third kappa shape index (κ3) is 2.95. The van der Waals surface area contributed by atoms with E-state index in [0.717, 1.165) is 11.8 Å². The molecule has 0 saturated heterocycles. The van der Waals surface area contributed by atoms with Crippen LogP contribution < -0.4 is 5.32 Å². The van der Waals surface area contributed by atoms with E-state index in [1.54, 1.807) is 0 Å². The lowest BCUT2D eigenvalue weighted by molar-refractivity contribution is 0.379. The molecule has 0 radical (unpaired) electrons. The van der Waals surface area contributed by atoms with Crippen molar-refractivity contribution in [3.05, 3.63) is 36.2 Å². The first kappa shape index (κ1) is 13.0. The van der Waals surface area contributed by atoms with Gasteiger partial charge in [0, 0.05) is 29.6 Å². The smallest absolute Gasteiger partial charge is 0.0706 e. The van der Waals surface area contributed by atoms with Crippen molar-refractivity contribution in [3.8, 4) is 0 Å². The topological polar surface area (TPSA) is 29.3 Å². The Morgan fingerprint density at radius 2 is 2.16 bits per heavy atom. The second-order valence-corrected chi connectivity index (χ2v) is 6.43. The molecule has 19 heavy (non-hydrogen) atoms. The van der Waals surface area contributed by atoms with Crippen LogP contribution >= 0.6 is 11.8 Å². The first-order chi connectivity index (χ1) is 9.36. The number of nitrogens with zero attached hydrogens (tertiary/aromatic N) is 2. The number of rotatable bonds is 4. The van der Waals surface area contributed by atoms with E-state index in [-0.39, 0.29) is 0 Å². The molecule has 1 aliphatic carbocycles. The van der Waals surface area contributed by atoms with Crippen LogP contribution in [0.25, 0.3) is 5.52 Å². The largest absolute Gasteiger partial charge is 0.310 e. The minimum atomic E-state index is 0.682. The molecule has 1 aliphatic rings. The molecule has 1 fully saturated rings. The van der Waals surface area contributed by atoms with Crippen molar-refractivity contribution in [2.24, 2.45) is 0 Å². The third-order valence-corrected chi connectivity index (χ3v) is 5.23. The van der Waals surface area contributed by atoms with Crippen LogP contribution in [0.15, 0.2) is 30.6 Å². The lowest BCUT2D eigenvalue weighted by atomic mass is 9.95. The zero-order chi connectivity index (χ0) is 13.1. The van der Waals surface area contributed by atoms with Gasteiger partial charge in [-0.05, 0) is 44.1 Å².